The molecule has 25 heavy (non-hydrogen) atoms. The van der Waals surface area contributed by atoms with Crippen LogP contribution in [0.3, 0.4) is 0 Å². The summed E-state index contributed by atoms with van der Waals surface area (Å²) < 4.78 is 5.94. The van der Waals surface area contributed by atoms with Crippen molar-refractivity contribution in [2.45, 2.75) is 0 Å². The summed E-state index contributed by atoms with van der Waals surface area (Å²) in [5, 5.41) is 0. The Morgan fingerprint density at radius 3 is 0.680 bits per heavy atom. The maximum atomic E-state index is 2.32. The predicted molar refractivity (Wildman–Crippen MR) is 110 cm³/mol. The second-order valence-corrected chi connectivity index (χ2v) is 18.0. The molecule has 0 atom stereocenters. The van der Waals surface area contributed by atoms with Crippen molar-refractivity contribution in [1.29, 1.82) is 0 Å². The van der Waals surface area contributed by atoms with Crippen molar-refractivity contribution in [3.63, 3.8) is 0 Å². The number of rotatable bonds is 4. The van der Waals surface area contributed by atoms with E-state index < -0.39 is 20.6 Å². The summed E-state index contributed by atoms with van der Waals surface area (Å²) in [4.78, 5) is 0. The van der Waals surface area contributed by atoms with Gasteiger partial charge in [0, 0.05) is 0 Å². The Hall–Kier alpha value is -2.22. The summed E-state index contributed by atoms with van der Waals surface area (Å²) in [6.07, 6.45) is 0. The topological polar surface area (TPSA) is 0 Å². The minimum absolute atomic E-state index is 1.48. The van der Waals surface area contributed by atoms with Crippen LogP contribution < -0.4 is 12.9 Å². The molecule has 4 aromatic rings. The number of benzene rings is 4. The van der Waals surface area contributed by atoms with Crippen molar-refractivity contribution in [2.75, 3.05) is 0 Å². The van der Waals surface area contributed by atoms with Gasteiger partial charge >= 0.3 is 155 Å². The van der Waals surface area contributed by atoms with E-state index in [0.717, 1.165) is 0 Å². The summed E-state index contributed by atoms with van der Waals surface area (Å²) in [5.41, 5.74) is 0. The summed E-state index contributed by atoms with van der Waals surface area (Å²) in [5.74, 6) is 0. The van der Waals surface area contributed by atoms with E-state index in [1.54, 1.807) is 0 Å². The van der Waals surface area contributed by atoms with Gasteiger partial charge in [-0.2, -0.15) is 0 Å². The first kappa shape index (κ1) is 16.3. The van der Waals surface area contributed by atoms with Gasteiger partial charge in [-0.1, -0.05) is 0 Å². The van der Waals surface area contributed by atoms with Crippen LogP contribution in [0.5, 0.6) is 0 Å². The van der Waals surface area contributed by atoms with E-state index in [1.807, 2.05) is 0 Å². The van der Waals surface area contributed by atoms with Crippen LogP contribution >= 0.6 is 0 Å². The molecule has 122 valence electrons. The first-order valence-electron chi connectivity index (χ1n) is 8.46. The number of hydrogen-bond acceptors (Lipinski definition) is 0. The Balaban J connectivity index is 2.13. The van der Waals surface area contributed by atoms with Crippen molar-refractivity contribution in [3.05, 3.63) is 121 Å². The average Bonchev–Trinajstić information content (AvgIpc) is 2.72. The van der Waals surface area contributed by atoms with Crippen molar-refractivity contribution in [1.82, 2.24) is 0 Å². The summed E-state index contributed by atoms with van der Waals surface area (Å²) >= 11 is -3.29. The standard InChI is InChI=1S/4C6H5.Po/c4*1-2-4-6-5-3-1;/h4*1-5H;. The summed E-state index contributed by atoms with van der Waals surface area (Å²) in [7, 11) is 0. The zero-order valence-corrected chi connectivity index (χ0v) is 17.1. The fourth-order valence-electron chi connectivity index (χ4n) is 3.31. The van der Waals surface area contributed by atoms with Gasteiger partial charge < -0.3 is 0 Å². The molecule has 4 rings (SSSR count). The third kappa shape index (κ3) is 2.94. The van der Waals surface area contributed by atoms with E-state index >= 15 is 0 Å². The molecule has 0 saturated carbocycles. The second kappa shape index (κ2) is 7.34. The van der Waals surface area contributed by atoms with Gasteiger partial charge in [0.2, 0.25) is 0 Å². The zero-order chi connectivity index (χ0) is 17.0. The Morgan fingerprint density at radius 2 is 0.480 bits per heavy atom. The molecule has 0 aliphatic heterocycles. The van der Waals surface area contributed by atoms with Crippen molar-refractivity contribution >= 4 is 33.5 Å². The normalized spacial score (nSPS) is 11.8. The van der Waals surface area contributed by atoms with Gasteiger partial charge in [-0.25, -0.2) is 0 Å². The van der Waals surface area contributed by atoms with Crippen LogP contribution in [-0.4, -0.2) is 20.6 Å². The fraction of sp³-hybridized carbons (Fsp3) is 0. The molecule has 0 fully saturated rings. The van der Waals surface area contributed by atoms with Crippen LogP contribution in [0.15, 0.2) is 121 Å². The molecule has 0 unspecified atom stereocenters. The third-order valence-corrected chi connectivity index (χ3v) is 19.6. The minimum atomic E-state index is -3.29. The van der Waals surface area contributed by atoms with Gasteiger partial charge in [0.15, 0.2) is 0 Å². The van der Waals surface area contributed by atoms with Gasteiger partial charge in [0.05, 0.1) is 0 Å². The van der Waals surface area contributed by atoms with Crippen LogP contribution in [0.1, 0.15) is 0 Å². The SMILES string of the molecule is c1cc[c]([Po]([c]2ccccc2)([c]2ccccc2)[c]2ccccc2)cc1. The molecule has 0 amide bonds. The van der Waals surface area contributed by atoms with Crippen LogP contribution in [0, 0.1) is 0 Å². The Kier molecular flexibility index (Phi) is 4.78. The molecule has 0 aliphatic rings. The van der Waals surface area contributed by atoms with Gasteiger partial charge in [0.1, 0.15) is 0 Å². The molecule has 0 aliphatic carbocycles. The monoisotopic (exact) mass is 517 g/mol. The van der Waals surface area contributed by atoms with E-state index in [1.165, 1.54) is 12.9 Å². The molecule has 0 N–H and O–H groups in total. The quantitative estimate of drug-likeness (QED) is 0.391. The first-order valence-corrected chi connectivity index (χ1v) is 14.8. The number of hydrogen-bond donors (Lipinski definition) is 0. The Bertz CT molecular complexity index is 753. The third-order valence-electron chi connectivity index (χ3n) is 4.39. The molecule has 1 heteroatoms. The van der Waals surface area contributed by atoms with E-state index in [4.69, 9.17) is 0 Å². The predicted octanol–water partition coefficient (Wildman–Crippen LogP) is 3.06. The van der Waals surface area contributed by atoms with Gasteiger partial charge in [0.25, 0.3) is 0 Å². The zero-order valence-electron chi connectivity index (χ0n) is 14.0. The van der Waals surface area contributed by atoms with Crippen LogP contribution in [0.25, 0.3) is 0 Å². The fourth-order valence-corrected chi connectivity index (χ4v) is 18.5. The second-order valence-electron chi connectivity index (χ2n) is 5.86. The van der Waals surface area contributed by atoms with Crippen molar-refractivity contribution < 1.29 is 0 Å². The van der Waals surface area contributed by atoms with E-state index in [9.17, 15) is 0 Å². The molecule has 0 spiro atoms. The van der Waals surface area contributed by atoms with E-state index in [0.29, 0.717) is 0 Å². The summed E-state index contributed by atoms with van der Waals surface area (Å²) in [6.45, 7) is 0. The molecular formula is C24H20Po. The van der Waals surface area contributed by atoms with Crippen LogP contribution in [0.4, 0.5) is 0 Å². The van der Waals surface area contributed by atoms with Gasteiger partial charge in [-0.3, -0.25) is 0 Å². The molecule has 0 saturated heterocycles. The maximum absolute atomic E-state index is 3.29. The van der Waals surface area contributed by atoms with E-state index in [2.05, 4.69) is 121 Å². The Morgan fingerprint density at radius 1 is 0.280 bits per heavy atom. The molecular weight excluding hydrogens is 497 g/mol. The van der Waals surface area contributed by atoms with Gasteiger partial charge in [-0.05, 0) is 0 Å². The van der Waals surface area contributed by atoms with Crippen molar-refractivity contribution in [2.24, 2.45) is 0 Å². The van der Waals surface area contributed by atoms with Gasteiger partial charge in [-0.15, -0.1) is 0 Å². The van der Waals surface area contributed by atoms with Crippen LogP contribution in [-0.2, 0) is 0 Å². The van der Waals surface area contributed by atoms with E-state index in [-0.39, 0.29) is 0 Å². The molecule has 0 nitrogen and oxygen atoms in total. The molecule has 4 aromatic carbocycles. The Labute approximate surface area is 154 Å². The first-order chi connectivity index (χ1) is 12.4. The average molecular weight is 517 g/mol. The molecule has 0 heterocycles. The van der Waals surface area contributed by atoms with Crippen LogP contribution in [0.2, 0.25) is 0 Å². The molecule has 0 radical (unpaired) electrons. The van der Waals surface area contributed by atoms with Crippen molar-refractivity contribution in [3.8, 4) is 0 Å². The molecule has 0 aromatic heterocycles. The summed E-state index contributed by atoms with van der Waals surface area (Å²) in [6, 6.07) is 44.4. The molecule has 0 bridgehead atoms.